The molecule has 0 unspecified atom stereocenters. The molecule has 0 atom stereocenters. The minimum atomic E-state index is -6.25. The van der Waals surface area contributed by atoms with Crippen LogP contribution in [-0.2, 0) is 20.0 Å². The third-order valence-corrected chi connectivity index (χ3v) is 11.4. The van der Waals surface area contributed by atoms with E-state index >= 15 is 0 Å². The van der Waals surface area contributed by atoms with Crippen LogP contribution in [0.2, 0.25) is 0 Å². The van der Waals surface area contributed by atoms with Crippen molar-refractivity contribution in [2.75, 3.05) is 5.32 Å². The van der Waals surface area contributed by atoms with Crippen LogP contribution in [-0.4, -0.2) is 22.3 Å². The molecule has 0 saturated carbocycles. The summed E-state index contributed by atoms with van der Waals surface area (Å²) in [6.45, 7) is 7.83. The van der Waals surface area contributed by atoms with Crippen molar-refractivity contribution < 1.29 is 34.4 Å². The molecule has 8 nitrogen and oxygen atoms in total. The minimum Gasteiger partial charge on any atom is -0.456 e. The van der Waals surface area contributed by atoms with Crippen molar-refractivity contribution in [1.82, 2.24) is 4.13 Å². The lowest BCUT2D eigenvalue weighted by Crippen LogP contribution is -2.40. The molecule has 4 aromatic rings. The van der Waals surface area contributed by atoms with E-state index < -0.39 is 30.5 Å². The molecule has 1 aliphatic carbocycles. The molecule has 0 aromatic heterocycles. The first-order valence-corrected chi connectivity index (χ1v) is 17.9. The van der Waals surface area contributed by atoms with E-state index in [-0.39, 0.29) is 5.56 Å². The average Bonchev–Trinajstić information content (AvgIpc) is 3.02. The molecule has 13 heteroatoms. The Balaban J connectivity index is 1.62. The van der Waals surface area contributed by atoms with Crippen LogP contribution in [0.15, 0.2) is 111 Å². The molecule has 4 aromatic carbocycles. The topological polar surface area (TPSA) is 118 Å². The van der Waals surface area contributed by atoms with Crippen molar-refractivity contribution in [3.05, 3.63) is 125 Å². The monoisotopic (exact) mass is 705 g/mol. The standard InChI is InChI=1S/C36H30F3N3O5S2/c1-21-9-7-10-22(2)34(21)40-25-15-17-27-30(19-25)47-31-20-26(41-35-23(3)11-8-12-24(35)4)16-18-28(31)33(27)29-13-5-6-14-32(29)48(43,44)42-49(45,46)36(37,38)39/h5-20,40,42H,1-4H3. The van der Waals surface area contributed by atoms with E-state index in [0.717, 1.165) is 43.8 Å². The molecular weight excluding hydrogens is 676 g/mol. The van der Waals surface area contributed by atoms with E-state index in [1.54, 1.807) is 36.4 Å². The minimum absolute atomic E-state index is 0.0342. The van der Waals surface area contributed by atoms with Crippen molar-refractivity contribution in [2.24, 2.45) is 4.99 Å². The van der Waals surface area contributed by atoms with Crippen molar-refractivity contribution in [3.8, 4) is 22.5 Å². The summed E-state index contributed by atoms with van der Waals surface area (Å²) in [6.07, 6.45) is 0. The van der Waals surface area contributed by atoms with E-state index in [2.05, 4.69) is 5.32 Å². The number of fused-ring (bicyclic) bond motifs is 2. The molecule has 2 N–H and O–H groups in total. The Bertz CT molecular complexity index is 2490. The summed E-state index contributed by atoms with van der Waals surface area (Å²) in [5.41, 5.74) is 1.43. The van der Waals surface area contributed by atoms with Crippen LogP contribution in [0.5, 0.6) is 0 Å². The van der Waals surface area contributed by atoms with Crippen LogP contribution in [0.1, 0.15) is 22.3 Å². The molecule has 2 aliphatic rings. The highest BCUT2D eigenvalue weighted by Crippen LogP contribution is 2.43. The second kappa shape index (κ2) is 12.5. The van der Waals surface area contributed by atoms with Gasteiger partial charge in [0.25, 0.3) is 10.0 Å². The van der Waals surface area contributed by atoms with Gasteiger partial charge in [-0.2, -0.15) is 13.2 Å². The molecule has 1 aliphatic heterocycles. The second-order valence-electron chi connectivity index (χ2n) is 11.6. The number of halogens is 3. The zero-order valence-electron chi connectivity index (χ0n) is 26.7. The van der Waals surface area contributed by atoms with Crippen LogP contribution in [0, 0.1) is 27.7 Å². The Morgan fingerprint density at radius 2 is 1.33 bits per heavy atom. The molecule has 0 spiro atoms. The number of para-hydroxylation sites is 2. The second-order valence-corrected chi connectivity index (χ2v) is 15.2. The summed E-state index contributed by atoms with van der Waals surface area (Å²) >= 11 is 0. The quantitative estimate of drug-likeness (QED) is 0.161. The van der Waals surface area contributed by atoms with Gasteiger partial charge in [-0.25, -0.2) is 21.8 Å². The Morgan fingerprint density at radius 1 is 0.694 bits per heavy atom. The first kappa shape index (κ1) is 33.9. The first-order valence-electron chi connectivity index (χ1n) is 14.9. The van der Waals surface area contributed by atoms with E-state index in [1.165, 1.54) is 18.2 Å². The smallest absolute Gasteiger partial charge is 0.456 e. The highest BCUT2D eigenvalue weighted by Gasteiger charge is 2.48. The van der Waals surface area contributed by atoms with E-state index in [9.17, 15) is 30.0 Å². The number of anilines is 2. The van der Waals surface area contributed by atoms with Gasteiger partial charge in [0.2, 0.25) is 0 Å². The van der Waals surface area contributed by atoms with Gasteiger partial charge in [-0.1, -0.05) is 58.7 Å². The molecule has 6 rings (SSSR count). The predicted molar refractivity (Wildman–Crippen MR) is 184 cm³/mol. The number of sulfonamides is 2. The fraction of sp³-hybridized carbons (Fsp3) is 0.139. The summed E-state index contributed by atoms with van der Waals surface area (Å²) in [5.74, 6) is 0.308. The predicted octanol–water partition coefficient (Wildman–Crippen LogP) is 8.54. The largest absolute Gasteiger partial charge is 0.512 e. The van der Waals surface area contributed by atoms with E-state index in [0.29, 0.717) is 38.9 Å². The van der Waals surface area contributed by atoms with E-state index in [1.807, 2.05) is 64.1 Å². The average molecular weight is 706 g/mol. The van der Waals surface area contributed by atoms with Gasteiger partial charge in [0.15, 0.2) is 0 Å². The van der Waals surface area contributed by atoms with Crippen LogP contribution in [0.3, 0.4) is 0 Å². The third kappa shape index (κ3) is 6.56. The van der Waals surface area contributed by atoms with Gasteiger partial charge in [0, 0.05) is 45.6 Å². The van der Waals surface area contributed by atoms with Gasteiger partial charge in [-0.3, -0.25) is 0 Å². The van der Waals surface area contributed by atoms with Gasteiger partial charge in [0.05, 0.1) is 15.9 Å². The molecule has 0 radical (unpaired) electrons. The number of rotatable bonds is 7. The normalized spacial score (nSPS) is 12.9. The van der Waals surface area contributed by atoms with Crippen molar-refractivity contribution >= 4 is 48.1 Å². The van der Waals surface area contributed by atoms with Crippen molar-refractivity contribution in [3.63, 3.8) is 0 Å². The van der Waals surface area contributed by atoms with Crippen LogP contribution >= 0.6 is 0 Å². The summed E-state index contributed by atoms with van der Waals surface area (Å²) in [4.78, 5) is 4.17. The number of hydrogen-bond donors (Lipinski definition) is 2. The fourth-order valence-electron chi connectivity index (χ4n) is 5.73. The highest BCUT2D eigenvalue weighted by atomic mass is 32.3. The summed E-state index contributed by atoms with van der Waals surface area (Å²) in [7, 11) is -11.5. The van der Waals surface area contributed by atoms with Gasteiger partial charge in [-0.05, 0) is 80.3 Å². The summed E-state index contributed by atoms with van der Waals surface area (Å²) in [6, 6.07) is 27.3. The maximum Gasteiger partial charge on any atom is 0.512 e. The molecular formula is C36H30F3N3O5S2. The number of alkyl halides is 3. The van der Waals surface area contributed by atoms with Crippen molar-refractivity contribution in [1.29, 1.82) is 0 Å². The Labute approximate surface area is 281 Å². The lowest BCUT2D eigenvalue weighted by molar-refractivity contribution is -0.0441. The molecule has 252 valence electrons. The molecule has 49 heavy (non-hydrogen) atoms. The van der Waals surface area contributed by atoms with Gasteiger partial charge < -0.3 is 9.73 Å². The number of benzene rings is 5. The number of aryl methyl sites for hydroxylation is 4. The maximum atomic E-state index is 13.4. The van der Waals surface area contributed by atoms with Crippen LogP contribution in [0.4, 0.5) is 30.2 Å². The SMILES string of the molecule is Cc1cccc(C)c1N=c1ccc2c(-c3ccccc3S(=O)(=O)NS(=O)(=O)C(F)(F)F)c3ccc(Nc4c(C)cccc4C)cc3oc-2c1. The lowest BCUT2D eigenvalue weighted by atomic mass is 9.93. The Hall–Kier alpha value is -4.98. The van der Waals surface area contributed by atoms with Crippen LogP contribution < -0.4 is 14.8 Å². The van der Waals surface area contributed by atoms with Gasteiger partial charge in [-0.15, -0.1) is 0 Å². The highest BCUT2D eigenvalue weighted by molar-refractivity contribution is 8.05. The molecule has 0 fully saturated rings. The molecule has 0 saturated heterocycles. The Morgan fingerprint density at radius 3 is 1.98 bits per heavy atom. The fourth-order valence-corrected chi connectivity index (χ4v) is 8.34. The molecule has 0 bridgehead atoms. The lowest BCUT2D eigenvalue weighted by Gasteiger charge is -2.19. The van der Waals surface area contributed by atoms with Crippen LogP contribution in [0.25, 0.3) is 33.4 Å². The molecule has 0 amide bonds. The number of nitrogens with zero attached hydrogens (tertiary/aromatic N) is 1. The zero-order valence-corrected chi connectivity index (χ0v) is 28.3. The summed E-state index contributed by atoms with van der Waals surface area (Å²) in [5, 5.41) is 4.39. The van der Waals surface area contributed by atoms with Gasteiger partial charge in [0.1, 0.15) is 11.3 Å². The zero-order chi connectivity index (χ0) is 35.3. The molecule has 1 heterocycles. The van der Waals surface area contributed by atoms with Gasteiger partial charge >= 0.3 is 15.5 Å². The van der Waals surface area contributed by atoms with Crippen molar-refractivity contribution in [2.45, 2.75) is 38.1 Å². The number of hydrogen-bond acceptors (Lipinski definition) is 7. The number of nitrogens with one attached hydrogen (secondary N) is 2. The third-order valence-electron chi connectivity index (χ3n) is 8.11. The first-order chi connectivity index (χ1) is 23.1. The van der Waals surface area contributed by atoms with E-state index in [4.69, 9.17) is 9.41 Å². The maximum absolute atomic E-state index is 13.4. The Kier molecular flexibility index (Phi) is 8.63. The summed E-state index contributed by atoms with van der Waals surface area (Å²) < 4.78 is 97.7.